The average Bonchev–Trinajstić information content (AvgIpc) is 3.50. The Kier molecular flexibility index (Phi) is 20.5. The molecule has 4 nitrogen and oxygen atoms in total. The average molecular weight is 679 g/mol. The Morgan fingerprint density at radius 2 is 0.898 bits per heavy atom. The highest BCUT2D eigenvalue weighted by Gasteiger charge is 2.18. The van der Waals surface area contributed by atoms with Gasteiger partial charge in [0.25, 0.3) is 0 Å². The second-order valence-electron chi connectivity index (χ2n) is 13.1. The first kappa shape index (κ1) is 39.7. The summed E-state index contributed by atoms with van der Waals surface area (Å²) in [5.41, 5.74) is 2.45. The maximum Gasteiger partial charge on any atom is 0.119 e. The molecular formula is C44H58N2O2S. The maximum absolute atomic E-state index is 9.94. The van der Waals surface area contributed by atoms with Gasteiger partial charge < -0.3 is 9.47 Å². The number of thiophene rings is 1. The molecular weight excluding hydrogens is 621 g/mol. The van der Waals surface area contributed by atoms with E-state index in [1.165, 1.54) is 127 Å². The van der Waals surface area contributed by atoms with Gasteiger partial charge in [0.2, 0.25) is 0 Å². The van der Waals surface area contributed by atoms with E-state index in [0.29, 0.717) is 22.6 Å². The van der Waals surface area contributed by atoms with Crippen molar-refractivity contribution >= 4 is 11.3 Å². The van der Waals surface area contributed by atoms with E-state index in [2.05, 4.69) is 37.8 Å². The van der Waals surface area contributed by atoms with Gasteiger partial charge >= 0.3 is 0 Å². The minimum Gasteiger partial charge on any atom is -0.494 e. The summed E-state index contributed by atoms with van der Waals surface area (Å²) in [5, 5.41) is 19.8. The fourth-order valence-corrected chi connectivity index (χ4v) is 7.02. The van der Waals surface area contributed by atoms with Crippen LogP contribution in [0.1, 0.15) is 164 Å². The molecule has 0 spiro atoms. The van der Waals surface area contributed by atoms with Gasteiger partial charge in [-0.1, -0.05) is 135 Å². The Balaban J connectivity index is 1.43. The van der Waals surface area contributed by atoms with Gasteiger partial charge in [-0.05, 0) is 72.9 Å². The molecule has 3 rings (SSSR count). The fourth-order valence-electron chi connectivity index (χ4n) is 5.96. The van der Waals surface area contributed by atoms with E-state index in [9.17, 15) is 10.5 Å². The monoisotopic (exact) mass is 678 g/mol. The van der Waals surface area contributed by atoms with Crippen LogP contribution in [0.2, 0.25) is 0 Å². The molecule has 0 unspecified atom stereocenters. The molecule has 0 radical (unpaired) electrons. The molecule has 262 valence electrons. The van der Waals surface area contributed by atoms with Crippen molar-refractivity contribution in [1.29, 1.82) is 10.5 Å². The quantitative estimate of drug-likeness (QED) is 0.0661. The molecule has 0 aliphatic carbocycles. The molecule has 0 N–H and O–H groups in total. The Labute approximate surface area is 301 Å². The highest BCUT2D eigenvalue weighted by molar-refractivity contribution is 7.16. The summed E-state index contributed by atoms with van der Waals surface area (Å²) >= 11 is 1.39. The van der Waals surface area contributed by atoms with Crippen LogP contribution in [0.3, 0.4) is 0 Å². The zero-order valence-corrected chi connectivity index (χ0v) is 31.1. The van der Waals surface area contributed by atoms with E-state index in [-0.39, 0.29) is 0 Å². The molecule has 49 heavy (non-hydrogen) atoms. The van der Waals surface area contributed by atoms with Crippen molar-refractivity contribution in [3.63, 3.8) is 0 Å². The van der Waals surface area contributed by atoms with Crippen LogP contribution >= 0.6 is 11.3 Å². The third kappa shape index (κ3) is 15.6. The number of hydrogen-bond acceptors (Lipinski definition) is 5. The van der Waals surface area contributed by atoms with E-state index in [4.69, 9.17) is 9.47 Å². The van der Waals surface area contributed by atoms with Crippen molar-refractivity contribution in [2.75, 3.05) is 13.2 Å². The van der Waals surface area contributed by atoms with Crippen LogP contribution in [0.25, 0.3) is 10.4 Å². The zero-order chi connectivity index (χ0) is 34.8. The van der Waals surface area contributed by atoms with Crippen molar-refractivity contribution in [3.8, 4) is 45.9 Å². The predicted octanol–water partition coefficient (Wildman–Crippen LogP) is 13.2. The predicted molar refractivity (Wildman–Crippen MR) is 206 cm³/mol. The van der Waals surface area contributed by atoms with Crippen LogP contribution in [-0.2, 0) is 0 Å². The van der Waals surface area contributed by atoms with E-state index in [0.717, 1.165) is 47.0 Å². The molecule has 1 aromatic heterocycles. The zero-order valence-electron chi connectivity index (χ0n) is 30.3. The van der Waals surface area contributed by atoms with Crippen LogP contribution in [0.15, 0.2) is 48.5 Å². The minimum atomic E-state index is 0.340. The van der Waals surface area contributed by atoms with Crippen LogP contribution < -0.4 is 9.47 Å². The largest absolute Gasteiger partial charge is 0.494 e. The van der Waals surface area contributed by atoms with Crippen molar-refractivity contribution in [2.24, 2.45) is 0 Å². The molecule has 0 amide bonds. The molecule has 0 fully saturated rings. The lowest BCUT2D eigenvalue weighted by Crippen LogP contribution is -1.97. The molecule has 0 aliphatic rings. The van der Waals surface area contributed by atoms with Gasteiger partial charge in [0.1, 0.15) is 23.6 Å². The molecule has 0 atom stereocenters. The third-order valence-electron chi connectivity index (χ3n) is 8.96. The lowest BCUT2D eigenvalue weighted by molar-refractivity contribution is 0.304. The Morgan fingerprint density at radius 1 is 0.490 bits per heavy atom. The Morgan fingerprint density at radius 3 is 1.33 bits per heavy atom. The van der Waals surface area contributed by atoms with E-state index in [1.807, 2.05) is 48.5 Å². The molecule has 2 aromatic carbocycles. The fraction of sp³-hybridized carbons (Fsp3) is 0.545. The highest BCUT2D eigenvalue weighted by atomic mass is 32.1. The van der Waals surface area contributed by atoms with Gasteiger partial charge in [-0.25, -0.2) is 0 Å². The van der Waals surface area contributed by atoms with Crippen LogP contribution in [0, 0.1) is 34.5 Å². The second kappa shape index (κ2) is 25.3. The van der Waals surface area contributed by atoms with Crippen LogP contribution in [0.4, 0.5) is 0 Å². The number of rotatable bonds is 25. The minimum absolute atomic E-state index is 0.340. The summed E-state index contributed by atoms with van der Waals surface area (Å²) < 4.78 is 11.9. The SMILES string of the molecule is CCCCCCCCCCCCOc1ccc(C#Cc2sc(-c3ccc(OCCCCCCCCCCCC)cc3)c(C#N)c2C#N)cc1. The number of benzene rings is 2. The Bertz CT molecular complexity index is 1470. The van der Waals surface area contributed by atoms with Gasteiger partial charge in [0, 0.05) is 5.56 Å². The smallest absolute Gasteiger partial charge is 0.119 e. The number of unbranched alkanes of at least 4 members (excludes halogenated alkanes) is 18. The summed E-state index contributed by atoms with van der Waals surface area (Å²) in [5.74, 6) is 8.01. The lowest BCUT2D eigenvalue weighted by Gasteiger charge is -2.07. The van der Waals surface area contributed by atoms with Gasteiger partial charge in [0.05, 0.1) is 34.1 Å². The summed E-state index contributed by atoms with van der Waals surface area (Å²) in [6.45, 7) is 5.97. The van der Waals surface area contributed by atoms with Crippen molar-refractivity contribution in [3.05, 3.63) is 70.1 Å². The summed E-state index contributed by atoms with van der Waals surface area (Å²) in [7, 11) is 0. The first-order valence-corrected chi connectivity index (χ1v) is 20.0. The number of hydrogen-bond donors (Lipinski definition) is 0. The second-order valence-corrected chi connectivity index (χ2v) is 14.1. The molecule has 1 heterocycles. The first-order chi connectivity index (χ1) is 24.2. The molecule has 0 aliphatic heterocycles. The van der Waals surface area contributed by atoms with Crippen LogP contribution in [-0.4, -0.2) is 13.2 Å². The van der Waals surface area contributed by atoms with Crippen molar-refractivity contribution in [1.82, 2.24) is 0 Å². The molecule has 0 saturated heterocycles. The number of nitrogens with zero attached hydrogens (tertiary/aromatic N) is 2. The molecule has 0 bridgehead atoms. The van der Waals surface area contributed by atoms with Gasteiger partial charge in [-0.2, -0.15) is 10.5 Å². The van der Waals surface area contributed by atoms with Gasteiger partial charge in [0.15, 0.2) is 0 Å². The number of ether oxygens (including phenoxy) is 2. The van der Waals surface area contributed by atoms with E-state index < -0.39 is 0 Å². The van der Waals surface area contributed by atoms with E-state index >= 15 is 0 Å². The van der Waals surface area contributed by atoms with E-state index in [1.54, 1.807) is 0 Å². The van der Waals surface area contributed by atoms with Crippen molar-refractivity contribution in [2.45, 2.75) is 142 Å². The summed E-state index contributed by atoms with van der Waals surface area (Å²) in [4.78, 5) is 1.37. The molecule has 0 saturated carbocycles. The molecule has 3 aromatic rings. The standard InChI is InChI=1S/C44H58N2O2S/c1-3-5-7-9-11-13-15-17-19-21-33-47-39-28-23-37(24-29-39)25-32-43-41(35-45)42(36-46)44(49-43)38-26-30-40(31-27-38)48-34-22-20-18-16-14-12-10-8-6-4-2/h23-24,26-31H,3-22,33-34H2,1-2H3. The lowest BCUT2D eigenvalue weighted by atomic mass is 10.1. The first-order valence-electron chi connectivity index (χ1n) is 19.1. The summed E-state index contributed by atoms with van der Waals surface area (Å²) in [6, 6.07) is 20.1. The highest BCUT2D eigenvalue weighted by Crippen LogP contribution is 2.36. The van der Waals surface area contributed by atoms with Crippen LogP contribution in [0.5, 0.6) is 11.5 Å². The third-order valence-corrected chi connectivity index (χ3v) is 10.1. The van der Waals surface area contributed by atoms with Gasteiger partial charge in [-0.3, -0.25) is 0 Å². The molecule has 5 heteroatoms. The normalized spacial score (nSPS) is 10.6. The number of nitriles is 2. The maximum atomic E-state index is 9.94. The van der Waals surface area contributed by atoms with Crippen molar-refractivity contribution < 1.29 is 9.47 Å². The Hall–Kier alpha value is -3.72. The van der Waals surface area contributed by atoms with Gasteiger partial charge in [-0.15, -0.1) is 11.3 Å². The topological polar surface area (TPSA) is 66.0 Å². The summed E-state index contributed by atoms with van der Waals surface area (Å²) in [6.07, 6.45) is 26.1.